The van der Waals surface area contributed by atoms with Gasteiger partial charge in [0, 0.05) is 11.8 Å². The molecular formula is C18H28O3. The van der Waals surface area contributed by atoms with Crippen LogP contribution in [-0.4, -0.2) is 26.1 Å². The molecule has 4 aliphatic rings. The van der Waals surface area contributed by atoms with Crippen LogP contribution in [-0.2, 0) is 14.2 Å². The molecule has 0 aromatic rings. The van der Waals surface area contributed by atoms with E-state index in [-0.39, 0.29) is 5.41 Å². The molecule has 0 amide bonds. The molecule has 1 heterocycles. The Hall–Kier alpha value is -0.800. The van der Waals surface area contributed by atoms with Gasteiger partial charge < -0.3 is 14.2 Å². The summed E-state index contributed by atoms with van der Waals surface area (Å²) in [7, 11) is 1.76. The Balaban J connectivity index is 1.60. The van der Waals surface area contributed by atoms with Crippen molar-refractivity contribution in [3.05, 3.63) is 24.5 Å². The summed E-state index contributed by atoms with van der Waals surface area (Å²) >= 11 is 0. The molecule has 0 aromatic carbocycles. The summed E-state index contributed by atoms with van der Waals surface area (Å²) in [4.78, 5) is 0. The third-order valence-corrected chi connectivity index (χ3v) is 6.00. The highest BCUT2D eigenvalue weighted by Crippen LogP contribution is 2.60. The van der Waals surface area contributed by atoms with Gasteiger partial charge in [0.05, 0.1) is 26.1 Å². The van der Waals surface area contributed by atoms with Crippen LogP contribution in [0, 0.1) is 10.8 Å². The Bertz CT molecular complexity index is 407. The Morgan fingerprint density at radius 3 is 2.19 bits per heavy atom. The van der Waals surface area contributed by atoms with Gasteiger partial charge in [-0.1, -0.05) is 18.7 Å². The van der Waals surface area contributed by atoms with Crippen LogP contribution in [0.2, 0.25) is 0 Å². The van der Waals surface area contributed by atoms with E-state index in [9.17, 15) is 0 Å². The molecule has 3 aliphatic carbocycles. The molecule has 118 valence electrons. The zero-order chi connectivity index (χ0) is 15.0. The van der Waals surface area contributed by atoms with E-state index in [2.05, 4.69) is 18.7 Å². The third-order valence-electron chi connectivity index (χ3n) is 6.00. The van der Waals surface area contributed by atoms with Crippen LogP contribution in [0.15, 0.2) is 24.5 Å². The third kappa shape index (κ3) is 2.78. The molecule has 4 fully saturated rings. The second-order valence-electron chi connectivity index (χ2n) is 7.21. The van der Waals surface area contributed by atoms with Crippen molar-refractivity contribution in [2.75, 3.05) is 20.3 Å². The van der Waals surface area contributed by atoms with Gasteiger partial charge in [0.2, 0.25) is 0 Å². The Kier molecular flexibility index (Phi) is 3.91. The lowest BCUT2D eigenvalue weighted by molar-refractivity contribution is -0.138. The lowest BCUT2D eigenvalue weighted by Crippen LogP contribution is -2.41. The van der Waals surface area contributed by atoms with E-state index in [1.54, 1.807) is 7.11 Å². The predicted octanol–water partition coefficient (Wildman–Crippen LogP) is 4.20. The Labute approximate surface area is 128 Å². The summed E-state index contributed by atoms with van der Waals surface area (Å²) in [6.07, 6.45) is 13.0. The second kappa shape index (κ2) is 5.44. The number of ether oxygens (including phenoxy) is 3. The molecule has 21 heavy (non-hydrogen) atoms. The van der Waals surface area contributed by atoms with Crippen LogP contribution in [0.3, 0.4) is 0 Å². The number of hydrogen-bond donors (Lipinski definition) is 0. The fraction of sp³-hybridized carbons (Fsp3) is 0.778. The average Bonchev–Trinajstić information content (AvgIpc) is 2.95. The standard InChI is InChI=1S/C18H28O3/c1-15(19-3)18-10-7-17(8-11-18,9-12-18)6-4-5-16(2)20-13-14-21-16/h4,6H,1,5,7-14H2,2-3H3/b6-4+. The molecule has 0 N–H and O–H groups in total. The van der Waals surface area contributed by atoms with Gasteiger partial charge in [-0.2, -0.15) is 0 Å². The number of methoxy groups -OCH3 is 1. The molecule has 3 heteroatoms. The lowest BCUT2D eigenvalue weighted by atomic mass is 9.53. The highest BCUT2D eigenvalue weighted by atomic mass is 16.7. The zero-order valence-corrected chi connectivity index (χ0v) is 13.5. The van der Waals surface area contributed by atoms with Crippen LogP contribution in [0.4, 0.5) is 0 Å². The van der Waals surface area contributed by atoms with Crippen molar-refractivity contribution in [1.82, 2.24) is 0 Å². The summed E-state index contributed by atoms with van der Waals surface area (Å²) in [5.41, 5.74) is 0.652. The van der Waals surface area contributed by atoms with E-state index in [4.69, 9.17) is 14.2 Å². The van der Waals surface area contributed by atoms with Gasteiger partial charge in [0.15, 0.2) is 5.79 Å². The first kappa shape index (κ1) is 15.1. The molecular weight excluding hydrogens is 264 g/mol. The molecule has 2 bridgehead atoms. The monoisotopic (exact) mass is 292 g/mol. The average molecular weight is 292 g/mol. The topological polar surface area (TPSA) is 27.7 Å². The molecule has 0 aromatic heterocycles. The minimum Gasteiger partial charge on any atom is -0.501 e. The SMILES string of the molecule is C=C(OC)C12CCC(/C=C/CC3(C)OCCO3)(CC1)CC2. The molecule has 0 atom stereocenters. The van der Waals surface area contributed by atoms with Crippen molar-refractivity contribution >= 4 is 0 Å². The molecule has 3 saturated carbocycles. The largest absolute Gasteiger partial charge is 0.501 e. The summed E-state index contributed by atoms with van der Waals surface area (Å²) in [6.45, 7) is 7.62. The van der Waals surface area contributed by atoms with Gasteiger partial charge in [0.25, 0.3) is 0 Å². The van der Waals surface area contributed by atoms with Crippen molar-refractivity contribution in [2.45, 2.75) is 57.7 Å². The van der Waals surface area contributed by atoms with Gasteiger partial charge in [0.1, 0.15) is 0 Å². The predicted molar refractivity (Wildman–Crippen MR) is 82.8 cm³/mol. The van der Waals surface area contributed by atoms with Crippen LogP contribution in [0.1, 0.15) is 51.9 Å². The van der Waals surface area contributed by atoms with E-state index in [0.29, 0.717) is 5.41 Å². The fourth-order valence-electron chi connectivity index (χ4n) is 4.30. The van der Waals surface area contributed by atoms with Gasteiger partial charge in [-0.05, 0) is 50.9 Å². The number of fused-ring (bicyclic) bond motifs is 3. The summed E-state index contributed by atoms with van der Waals surface area (Å²) in [6, 6.07) is 0. The van der Waals surface area contributed by atoms with E-state index in [0.717, 1.165) is 25.4 Å². The number of allylic oxidation sites excluding steroid dienone is 2. The van der Waals surface area contributed by atoms with E-state index in [1.165, 1.54) is 38.5 Å². The van der Waals surface area contributed by atoms with Crippen molar-refractivity contribution in [2.24, 2.45) is 10.8 Å². The van der Waals surface area contributed by atoms with Crippen molar-refractivity contribution in [3.63, 3.8) is 0 Å². The van der Waals surface area contributed by atoms with Crippen molar-refractivity contribution in [1.29, 1.82) is 0 Å². The summed E-state index contributed by atoms with van der Waals surface area (Å²) < 4.78 is 16.8. The smallest absolute Gasteiger partial charge is 0.169 e. The van der Waals surface area contributed by atoms with Crippen LogP contribution in [0.5, 0.6) is 0 Å². The first-order chi connectivity index (χ1) is 10.0. The van der Waals surface area contributed by atoms with Gasteiger partial charge in [-0.15, -0.1) is 0 Å². The minimum atomic E-state index is -0.398. The quantitative estimate of drug-likeness (QED) is 0.561. The molecule has 3 nitrogen and oxygen atoms in total. The highest BCUT2D eigenvalue weighted by molar-refractivity contribution is 5.16. The molecule has 0 radical (unpaired) electrons. The van der Waals surface area contributed by atoms with Crippen molar-refractivity contribution in [3.8, 4) is 0 Å². The molecule has 0 spiro atoms. The molecule has 1 saturated heterocycles. The lowest BCUT2D eigenvalue weighted by Gasteiger charge is -2.52. The van der Waals surface area contributed by atoms with Gasteiger partial charge in [-0.3, -0.25) is 0 Å². The maximum absolute atomic E-state index is 5.67. The highest BCUT2D eigenvalue weighted by Gasteiger charge is 2.49. The summed E-state index contributed by atoms with van der Waals surface area (Å²) in [5.74, 6) is 0.602. The van der Waals surface area contributed by atoms with E-state index in [1.807, 2.05) is 6.92 Å². The van der Waals surface area contributed by atoms with Crippen LogP contribution in [0.25, 0.3) is 0 Å². The van der Waals surface area contributed by atoms with Gasteiger partial charge >= 0.3 is 0 Å². The first-order valence-electron chi connectivity index (χ1n) is 8.21. The Morgan fingerprint density at radius 2 is 1.67 bits per heavy atom. The molecule has 4 rings (SSSR count). The minimum absolute atomic E-state index is 0.258. The van der Waals surface area contributed by atoms with Crippen LogP contribution < -0.4 is 0 Å². The molecule has 1 aliphatic heterocycles. The van der Waals surface area contributed by atoms with Gasteiger partial charge in [-0.25, -0.2) is 0 Å². The molecule has 0 unspecified atom stereocenters. The zero-order valence-electron chi connectivity index (χ0n) is 13.5. The number of hydrogen-bond acceptors (Lipinski definition) is 3. The maximum atomic E-state index is 5.67. The van der Waals surface area contributed by atoms with Crippen LogP contribution >= 0.6 is 0 Å². The summed E-state index contributed by atoms with van der Waals surface area (Å²) in [5, 5.41) is 0. The van der Waals surface area contributed by atoms with E-state index >= 15 is 0 Å². The second-order valence-corrected chi connectivity index (χ2v) is 7.21. The van der Waals surface area contributed by atoms with Crippen molar-refractivity contribution < 1.29 is 14.2 Å². The maximum Gasteiger partial charge on any atom is 0.169 e. The fourth-order valence-corrected chi connectivity index (χ4v) is 4.30. The number of rotatable bonds is 5. The normalized spacial score (nSPS) is 38.0. The Morgan fingerprint density at radius 1 is 1.10 bits per heavy atom. The first-order valence-corrected chi connectivity index (χ1v) is 8.21. The van der Waals surface area contributed by atoms with E-state index < -0.39 is 5.79 Å².